The van der Waals surface area contributed by atoms with Crippen molar-refractivity contribution in [1.82, 2.24) is 4.98 Å². The number of aromatic nitrogens is 1. The number of rotatable bonds is 5. The Morgan fingerprint density at radius 3 is 2.72 bits per heavy atom. The first kappa shape index (κ1) is 16.7. The SMILES string of the molecule is Cc1cccc(/C=C/C(=O)O[C@H](C)C(=O)c2c[nH]c3ccccc23)c1. The molecule has 25 heavy (non-hydrogen) atoms. The molecule has 0 unspecified atom stereocenters. The van der Waals surface area contributed by atoms with Crippen molar-refractivity contribution in [2.24, 2.45) is 0 Å². The number of aromatic amines is 1. The number of ether oxygens (including phenoxy) is 1. The van der Waals surface area contributed by atoms with Gasteiger partial charge in [0.25, 0.3) is 0 Å². The van der Waals surface area contributed by atoms with E-state index in [1.165, 1.54) is 6.08 Å². The highest BCUT2D eigenvalue weighted by molar-refractivity contribution is 6.10. The summed E-state index contributed by atoms with van der Waals surface area (Å²) in [6, 6.07) is 15.3. The maximum absolute atomic E-state index is 12.6. The van der Waals surface area contributed by atoms with Gasteiger partial charge < -0.3 is 9.72 Å². The van der Waals surface area contributed by atoms with Crippen LogP contribution in [0.4, 0.5) is 0 Å². The number of carbonyl (C=O) groups is 2. The minimum absolute atomic E-state index is 0.227. The molecule has 4 nitrogen and oxygen atoms in total. The number of ketones is 1. The molecule has 1 aromatic heterocycles. The van der Waals surface area contributed by atoms with E-state index in [-0.39, 0.29) is 5.78 Å². The number of Topliss-reactive ketones (excluding diaryl/α,β-unsaturated/α-hetero) is 1. The minimum Gasteiger partial charge on any atom is -0.451 e. The van der Waals surface area contributed by atoms with Gasteiger partial charge in [0.2, 0.25) is 5.78 Å². The zero-order valence-electron chi connectivity index (χ0n) is 14.2. The highest BCUT2D eigenvalue weighted by Gasteiger charge is 2.21. The van der Waals surface area contributed by atoms with Crippen LogP contribution in [-0.4, -0.2) is 22.8 Å². The first-order valence-corrected chi connectivity index (χ1v) is 8.10. The molecule has 1 heterocycles. The molecular weight excluding hydrogens is 314 g/mol. The number of hydrogen-bond acceptors (Lipinski definition) is 3. The van der Waals surface area contributed by atoms with Crippen LogP contribution in [0.3, 0.4) is 0 Å². The number of benzene rings is 2. The monoisotopic (exact) mass is 333 g/mol. The highest BCUT2D eigenvalue weighted by Crippen LogP contribution is 2.20. The van der Waals surface area contributed by atoms with Crippen LogP contribution in [-0.2, 0) is 9.53 Å². The summed E-state index contributed by atoms with van der Waals surface area (Å²) in [4.78, 5) is 27.6. The van der Waals surface area contributed by atoms with E-state index in [9.17, 15) is 9.59 Å². The summed E-state index contributed by atoms with van der Waals surface area (Å²) in [5.74, 6) is -0.767. The molecule has 0 aliphatic carbocycles. The average Bonchev–Trinajstić information content (AvgIpc) is 3.03. The quantitative estimate of drug-likeness (QED) is 0.430. The van der Waals surface area contributed by atoms with Crippen LogP contribution >= 0.6 is 0 Å². The topological polar surface area (TPSA) is 59.2 Å². The van der Waals surface area contributed by atoms with Crippen LogP contribution in [0.15, 0.2) is 60.8 Å². The molecule has 0 fully saturated rings. The van der Waals surface area contributed by atoms with E-state index < -0.39 is 12.1 Å². The Morgan fingerprint density at radius 1 is 1.12 bits per heavy atom. The molecule has 3 rings (SSSR count). The van der Waals surface area contributed by atoms with E-state index in [2.05, 4.69) is 4.98 Å². The molecule has 1 atom stereocenters. The van der Waals surface area contributed by atoms with Gasteiger partial charge in [-0.1, -0.05) is 48.0 Å². The number of esters is 1. The maximum atomic E-state index is 12.6. The second-order valence-corrected chi connectivity index (χ2v) is 5.94. The fourth-order valence-corrected chi connectivity index (χ4v) is 2.70. The van der Waals surface area contributed by atoms with E-state index in [0.717, 1.165) is 22.0 Å². The molecule has 2 aromatic carbocycles. The van der Waals surface area contributed by atoms with E-state index in [1.54, 1.807) is 19.2 Å². The first-order valence-electron chi connectivity index (χ1n) is 8.10. The highest BCUT2D eigenvalue weighted by atomic mass is 16.5. The molecule has 0 aliphatic rings. The standard InChI is InChI=1S/C21H19NO3/c1-14-6-5-7-16(12-14)10-11-20(23)25-15(2)21(24)18-13-22-19-9-4-3-8-17(18)19/h3-13,15,22H,1-2H3/b11-10+/t15-/m1/s1. The van der Waals surface area contributed by atoms with Gasteiger partial charge in [-0.3, -0.25) is 4.79 Å². The second kappa shape index (κ2) is 7.18. The van der Waals surface area contributed by atoms with Gasteiger partial charge in [-0.25, -0.2) is 4.79 Å². The predicted molar refractivity (Wildman–Crippen MR) is 98.4 cm³/mol. The Kier molecular flexibility index (Phi) is 4.80. The number of aryl methyl sites for hydroxylation is 1. The van der Waals surface area contributed by atoms with Crippen molar-refractivity contribution in [3.8, 4) is 0 Å². The van der Waals surface area contributed by atoms with Crippen molar-refractivity contribution in [2.75, 3.05) is 0 Å². The number of hydrogen-bond donors (Lipinski definition) is 1. The van der Waals surface area contributed by atoms with Crippen LogP contribution in [0, 0.1) is 6.92 Å². The summed E-state index contributed by atoms with van der Waals surface area (Å²) in [7, 11) is 0. The second-order valence-electron chi connectivity index (χ2n) is 5.94. The van der Waals surface area contributed by atoms with Crippen molar-refractivity contribution in [3.63, 3.8) is 0 Å². The molecule has 0 saturated heterocycles. The molecule has 0 aliphatic heterocycles. The van der Waals surface area contributed by atoms with Gasteiger partial charge in [0.15, 0.2) is 6.10 Å². The third kappa shape index (κ3) is 3.86. The lowest BCUT2D eigenvalue weighted by Gasteiger charge is -2.10. The van der Waals surface area contributed by atoms with Crippen molar-refractivity contribution in [3.05, 3.63) is 77.5 Å². The number of fused-ring (bicyclic) bond motifs is 1. The smallest absolute Gasteiger partial charge is 0.331 e. The van der Waals surface area contributed by atoms with Gasteiger partial charge in [0, 0.05) is 28.7 Å². The number of H-pyrrole nitrogens is 1. The number of carbonyl (C=O) groups excluding carboxylic acids is 2. The molecular formula is C21H19NO3. The predicted octanol–water partition coefficient (Wildman–Crippen LogP) is 4.30. The lowest BCUT2D eigenvalue weighted by molar-refractivity contribution is -0.140. The van der Waals surface area contributed by atoms with Crippen LogP contribution in [0.1, 0.15) is 28.4 Å². The van der Waals surface area contributed by atoms with E-state index in [0.29, 0.717) is 5.56 Å². The van der Waals surface area contributed by atoms with Crippen molar-refractivity contribution < 1.29 is 14.3 Å². The van der Waals surface area contributed by atoms with Gasteiger partial charge in [-0.15, -0.1) is 0 Å². The van der Waals surface area contributed by atoms with Crippen LogP contribution in [0.5, 0.6) is 0 Å². The number of para-hydroxylation sites is 1. The molecule has 0 amide bonds. The van der Waals surface area contributed by atoms with Gasteiger partial charge in [-0.2, -0.15) is 0 Å². The molecule has 0 radical (unpaired) electrons. The van der Waals surface area contributed by atoms with Gasteiger partial charge in [0.1, 0.15) is 0 Å². The van der Waals surface area contributed by atoms with Crippen molar-refractivity contribution >= 4 is 28.7 Å². The van der Waals surface area contributed by atoms with Gasteiger partial charge in [-0.05, 0) is 31.6 Å². The van der Waals surface area contributed by atoms with Crippen LogP contribution < -0.4 is 0 Å². The Hall–Kier alpha value is -3.14. The molecule has 3 aromatic rings. The lowest BCUT2D eigenvalue weighted by atomic mass is 10.1. The summed E-state index contributed by atoms with van der Waals surface area (Å²) in [5.41, 5.74) is 3.42. The lowest BCUT2D eigenvalue weighted by Crippen LogP contribution is -2.23. The number of nitrogens with one attached hydrogen (secondary N) is 1. The van der Waals surface area contributed by atoms with Crippen LogP contribution in [0.25, 0.3) is 17.0 Å². The third-order valence-electron chi connectivity index (χ3n) is 3.97. The Morgan fingerprint density at radius 2 is 1.92 bits per heavy atom. The van der Waals surface area contributed by atoms with Gasteiger partial charge >= 0.3 is 5.97 Å². The largest absolute Gasteiger partial charge is 0.451 e. The summed E-state index contributed by atoms with van der Waals surface area (Å²) < 4.78 is 5.25. The van der Waals surface area contributed by atoms with E-state index in [4.69, 9.17) is 4.74 Å². The third-order valence-corrected chi connectivity index (χ3v) is 3.97. The zero-order valence-corrected chi connectivity index (χ0v) is 14.2. The molecule has 4 heteroatoms. The van der Waals surface area contributed by atoms with Gasteiger partial charge in [0.05, 0.1) is 0 Å². The summed E-state index contributed by atoms with van der Waals surface area (Å²) in [5, 5.41) is 0.825. The fourth-order valence-electron chi connectivity index (χ4n) is 2.70. The normalized spacial score (nSPS) is 12.4. The average molecular weight is 333 g/mol. The van der Waals surface area contributed by atoms with Crippen molar-refractivity contribution in [1.29, 1.82) is 0 Å². The Labute approximate surface area is 146 Å². The molecule has 0 spiro atoms. The van der Waals surface area contributed by atoms with E-state index >= 15 is 0 Å². The van der Waals surface area contributed by atoms with E-state index in [1.807, 2.05) is 55.5 Å². The zero-order chi connectivity index (χ0) is 17.8. The van der Waals surface area contributed by atoms with Crippen LogP contribution in [0.2, 0.25) is 0 Å². The Bertz CT molecular complexity index is 952. The summed E-state index contributed by atoms with van der Waals surface area (Å²) >= 11 is 0. The summed E-state index contributed by atoms with van der Waals surface area (Å²) in [6.45, 7) is 3.57. The summed E-state index contributed by atoms with van der Waals surface area (Å²) in [6.07, 6.45) is 3.82. The Balaban J connectivity index is 1.68. The van der Waals surface area contributed by atoms with Crippen molar-refractivity contribution in [2.45, 2.75) is 20.0 Å². The maximum Gasteiger partial charge on any atom is 0.331 e. The first-order chi connectivity index (χ1) is 12.0. The molecule has 126 valence electrons. The minimum atomic E-state index is -0.853. The molecule has 1 N–H and O–H groups in total. The molecule has 0 bridgehead atoms. The fraction of sp³-hybridized carbons (Fsp3) is 0.143. The molecule has 0 saturated carbocycles.